The highest BCUT2D eigenvalue weighted by molar-refractivity contribution is 7.89. The largest absolute Gasteiger partial charge is 0.480 e. The van der Waals surface area contributed by atoms with Crippen LogP contribution < -0.4 is 10.0 Å². The molecule has 0 saturated carbocycles. The number of hydrogen-bond acceptors (Lipinski definition) is 4. The molecule has 0 fully saturated rings. The third-order valence-electron chi connectivity index (χ3n) is 3.03. The molecule has 0 aliphatic heterocycles. The Morgan fingerprint density at radius 3 is 1.87 bits per heavy atom. The lowest BCUT2D eigenvalue weighted by molar-refractivity contribution is -0.140. The minimum Gasteiger partial charge on any atom is -0.480 e. The first kappa shape index (κ1) is 19.4. The van der Waals surface area contributed by atoms with Gasteiger partial charge in [0.25, 0.3) is 0 Å². The number of carboxylic acid groups (broad SMARTS) is 1. The summed E-state index contributed by atoms with van der Waals surface area (Å²) in [5.74, 6) is -0.955. The molecular formula is C16H26N2O4S. The van der Waals surface area contributed by atoms with Crippen molar-refractivity contribution in [3.05, 3.63) is 24.3 Å². The fourth-order valence-electron chi connectivity index (χ4n) is 2.01. The van der Waals surface area contributed by atoms with Crippen LogP contribution in [-0.4, -0.2) is 31.1 Å². The molecule has 23 heavy (non-hydrogen) atoms. The van der Waals surface area contributed by atoms with E-state index in [1.165, 1.54) is 12.1 Å². The third kappa shape index (κ3) is 5.84. The van der Waals surface area contributed by atoms with E-state index in [1.54, 1.807) is 32.9 Å². The fourth-order valence-corrected chi connectivity index (χ4v) is 3.43. The average molecular weight is 342 g/mol. The molecule has 0 aliphatic carbocycles. The van der Waals surface area contributed by atoms with Gasteiger partial charge in [0, 0.05) is 11.2 Å². The van der Waals surface area contributed by atoms with Crippen LogP contribution in [0.2, 0.25) is 0 Å². The van der Waals surface area contributed by atoms with E-state index in [4.69, 9.17) is 0 Å². The molecule has 6 nitrogen and oxygen atoms in total. The quantitative estimate of drug-likeness (QED) is 0.764. The van der Waals surface area contributed by atoms with E-state index in [2.05, 4.69) is 10.0 Å². The van der Waals surface area contributed by atoms with Crippen LogP contribution in [0.1, 0.15) is 41.5 Å². The SMILES string of the molecule is CC(C)(C)NS(=O)(=O)c1ccc(NC(C(=O)O)C(C)(C)C)cc1. The van der Waals surface area contributed by atoms with Crippen LogP contribution in [0.25, 0.3) is 0 Å². The van der Waals surface area contributed by atoms with Crippen molar-refractivity contribution in [2.45, 2.75) is 58.0 Å². The number of nitrogens with one attached hydrogen (secondary N) is 2. The Bertz CT molecular complexity index is 653. The van der Waals surface area contributed by atoms with Gasteiger partial charge in [-0.1, -0.05) is 20.8 Å². The van der Waals surface area contributed by atoms with Gasteiger partial charge in [-0.25, -0.2) is 17.9 Å². The first-order chi connectivity index (χ1) is 10.2. The van der Waals surface area contributed by atoms with Crippen molar-refractivity contribution in [3.63, 3.8) is 0 Å². The first-order valence-corrected chi connectivity index (χ1v) is 8.84. The molecule has 0 aliphatic rings. The molecular weight excluding hydrogens is 316 g/mol. The molecule has 1 rings (SSSR count). The molecule has 0 saturated heterocycles. The van der Waals surface area contributed by atoms with Crippen molar-refractivity contribution >= 4 is 21.7 Å². The van der Waals surface area contributed by atoms with Gasteiger partial charge in [-0.15, -0.1) is 0 Å². The van der Waals surface area contributed by atoms with E-state index in [0.717, 1.165) is 0 Å². The van der Waals surface area contributed by atoms with Crippen LogP contribution in [0.4, 0.5) is 5.69 Å². The summed E-state index contributed by atoms with van der Waals surface area (Å²) in [6, 6.07) is 5.27. The highest BCUT2D eigenvalue weighted by Gasteiger charge is 2.31. The molecule has 0 amide bonds. The smallest absolute Gasteiger partial charge is 0.326 e. The fraction of sp³-hybridized carbons (Fsp3) is 0.562. The van der Waals surface area contributed by atoms with Crippen molar-refractivity contribution in [1.29, 1.82) is 0 Å². The number of anilines is 1. The molecule has 1 aromatic carbocycles. The van der Waals surface area contributed by atoms with Gasteiger partial charge in [-0.3, -0.25) is 0 Å². The Kier molecular flexibility index (Phi) is 5.49. The molecule has 1 atom stereocenters. The van der Waals surface area contributed by atoms with E-state index >= 15 is 0 Å². The van der Waals surface area contributed by atoms with Crippen LogP contribution >= 0.6 is 0 Å². The average Bonchev–Trinajstić information content (AvgIpc) is 2.31. The standard InChI is InChI=1S/C16H26N2O4S/c1-15(2,3)13(14(19)20)17-11-7-9-12(10-8-11)23(21,22)18-16(4,5)6/h7-10,13,17-18H,1-6H3,(H,19,20). The minimum atomic E-state index is -3.60. The molecule has 1 aromatic rings. The molecule has 3 N–H and O–H groups in total. The lowest BCUT2D eigenvalue weighted by Gasteiger charge is -2.28. The van der Waals surface area contributed by atoms with Gasteiger partial charge >= 0.3 is 5.97 Å². The normalized spacial score (nSPS) is 14.3. The monoisotopic (exact) mass is 342 g/mol. The Morgan fingerprint density at radius 2 is 1.52 bits per heavy atom. The van der Waals surface area contributed by atoms with Gasteiger partial charge in [0.05, 0.1) is 4.90 Å². The van der Waals surface area contributed by atoms with Crippen molar-refractivity contribution in [2.75, 3.05) is 5.32 Å². The van der Waals surface area contributed by atoms with E-state index in [9.17, 15) is 18.3 Å². The van der Waals surface area contributed by atoms with Gasteiger partial charge in [-0.2, -0.15) is 0 Å². The Hall–Kier alpha value is -1.60. The van der Waals surface area contributed by atoms with Gasteiger partial charge in [0.15, 0.2) is 0 Å². The summed E-state index contributed by atoms with van der Waals surface area (Å²) < 4.78 is 27.0. The zero-order valence-corrected chi connectivity index (χ0v) is 15.3. The van der Waals surface area contributed by atoms with Crippen molar-refractivity contribution < 1.29 is 18.3 Å². The summed E-state index contributed by atoms with van der Waals surface area (Å²) in [6.07, 6.45) is 0. The van der Waals surface area contributed by atoms with Crippen molar-refractivity contribution in [1.82, 2.24) is 4.72 Å². The van der Waals surface area contributed by atoms with Gasteiger partial charge in [0.2, 0.25) is 10.0 Å². The summed E-state index contributed by atoms with van der Waals surface area (Å²) in [4.78, 5) is 11.5. The number of carbonyl (C=O) groups is 1. The number of benzene rings is 1. The first-order valence-electron chi connectivity index (χ1n) is 7.36. The summed E-state index contributed by atoms with van der Waals surface area (Å²) in [6.45, 7) is 10.8. The van der Waals surface area contributed by atoms with Crippen LogP contribution in [0.5, 0.6) is 0 Å². The van der Waals surface area contributed by atoms with Crippen LogP contribution in [0.3, 0.4) is 0 Å². The topological polar surface area (TPSA) is 95.5 Å². The van der Waals surface area contributed by atoms with Gasteiger partial charge < -0.3 is 10.4 Å². The zero-order valence-electron chi connectivity index (χ0n) is 14.5. The molecule has 0 aromatic heterocycles. The van der Waals surface area contributed by atoms with Crippen LogP contribution in [0, 0.1) is 5.41 Å². The summed E-state index contributed by atoms with van der Waals surface area (Å²) >= 11 is 0. The maximum atomic E-state index is 12.2. The number of rotatable bonds is 5. The minimum absolute atomic E-state index is 0.139. The Balaban J connectivity index is 2.99. The molecule has 0 heterocycles. The van der Waals surface area contributed by atoms with E-state index in [-0.39, 0.29) is 4.90 Å². The Morgan fingerprint density at radius 1 is 1.04 bits per heavy atom. The van der Waals surface area contributed by atoms with Crippen LogP contribution in [-0.2, 0) is 14.8 Å². The summed E-state index contributed by atoms with van der Waals surface area (Å²) in [7, 11) is -3.60. The molecule has 0 spiro atoms. The zero-order chi connectivity index (χ0) is 18.1. The van der Waals surface area contributed by atoms with Crippen molar-refractivity contribution in [3.8, 4) is 0 Å². The van der Waals surface area contributed by atoms with Crippen LogP contribution in [0.15, 0.2) is 29.2 Å². The molecule has 130 valence electrons. The third-order valence-corrected chi connectivity index (χ3v) is 4.80. The maximum absolute atomic E-state index is 12.2. The lowest BCUT2D eigenvalue weighted by Crippen LogP contribution is -2.41. The highest BCUT2D eigenvalue weighted by atomic mass is 32.2. The second kappa shape index (κ2) is 6.49. The predicted molar refractivity (Wildman–Crippen MR) is 91.0 cm³/mol. The van der Waals surface area contributed by atoms with Gasteiger partial charge in [-0.05, 0) is 50.5 Å². The van der Waals surface area contributed by atoms with E-state index in [0.29, 0.717) is 5.69 Å². The summed E-state index contributed by atoms with van der Waals surface area (Å²) in [5.41, 5.74) is -0.497. The number of sulfonamides is 1. The number of carboxylic acids is 1. The van der Waals surface area contributed by atoms with E-state index in [1.807, 2.05) is 20.8 Å². The second-order valence-electron chi connectivity index (χ2n) is 7.66. The van der Waals surface area contributed by atoms with Gasteiger partial charge in [0.1, 0.15) is 6.04 Å². The molecule has 0 radical (unpaired) electrons. The summed E-state index contributed by atoms with van der Waals surface area (Å²) in [5, 5.41) is 12.2. The van der Waals surface area contributed by atoms with E-state index < -0.39 is 33.0 Å². The Labute approximate surface area is 138 Å². The van der Waals surface area contributed by atoms with Crippen molar-refractivity contribution in [2.24, 2.45) is 5.41 Å². The maximum Gasteiger partial charge on any atom is 0.326 e. The molecule has 1 unspecified atom stereocenters. The highest BCUT2D eigenvalue weighted by Crippen LogP contribution is 2.24. The number of hydrogen-bond donors (Lipinski definition) is 3. The number of aliphatic carboxylic acids is 1. The second-order valence-corrected chi connectivity index (χ2v) is 9.34. The predicted octanol–water partition coefficient (Wildman–Crippen LogP) is 2.67. The molecule has 0 bridgehead atoms. The molecule has 7 heteroatoms. The lowest BCUT2D eigenvalue weighted by atomic mass is 9.86.